The lowest BCUT2D eigenvalue weighted by atomic mass is 10.1. The fraction of sp³-hybridized carbons (Fsp3) is 0.250. The van der Waals surface area contributed by atoms with E-state index in [1.54, 1.807) is 7.05 Å². The van der Waals surface area contributed by atoms with Crippen molar-refractivity contribution in [3.8, 4) is 11.8 Å². The number of hydrogen-bond donors (Lipinski definition) is 2. The third-order valence-corrected chi connectivity index (χ3v) is 2.35. The predicted octanol–water partition coefficient (Wildman–Crippen LogP) is 1.28. The monoisotopic (exact) mass is 252 g/mol. The standard InChI is InChI=1S/C12H13ClN2O2/c1-15-5-3-4-8-6-9(12(16)17-2)11(14)7-10(8)13/h6-7,15H,5,14H2,1-2H3. The summed E-state index contributed by atoms with van der Waals surface area (Å²) in [6.45, 7) is 0.536. The van der Waals surface area contributed by atoms with Crippen LogP contribution in [0.5, 0.6) is 0 Å². The minimum Gasteiger partial charge on any atom is -0.465 e. The number of anilines is 1. The zero-order valence-corrected chi connectivity index (χ0v) is 10.4. The van der Waals surface area contributed by atoms with E-state index in [0.29, 0.717) is 17.1 Å². The molecule has 5 heteroatoms. The van der Waals surface area contributed by atoms with Crippen molar-refractivity contribution < 1.29 is 9.53 Å². The molecule has 0 unspecified atom stereocenters. The van der Waals surface area contributed by atoms with Crippen LogP contribution in [0.25, 0.3) is 0 Å². The van der Waals surface area contributed by atoms with Crippen molar-refractivity contribution in [3.63, 3.8) is 0 Å². The molecule has 0 spiro atoms. The molecular formula is C12H13ClN2O2. The van der Waals surface area contributed by atoms with Crippen molar-refractivity contribution in [1.82, 2.24) is 5.32 Å². The summed E-state index contributed by atoms with van der Waals surface area (Å²) >= 11 is 5.97. The second-order valence-corrected chi connectivity index (χ2v) is 3.65. The van der Waals surface area contributed by atoms with Gasteiger partial charge in [-0.3, -0.25) is 0 Å². The maximum Gasteiger partial charge on any atom is 0.340 e. The number of hydrogen-bond acceptors (Lipinski definition) is 4. The van der Waals surface area contributed by atoms with E-state index in [9.17, 15) is 4.79 Å². The van der Waals surface area contributed by atoms with E-state index in [1.165, 1.54) is 19.2 Å². The van der Waals surface area contributed by atoms with Crippen molar-refractivity contribution in [2.75, 3.05) is 26.4 Å². The quantitative estimate of drug-likeness (QED) is 0.473. The Morgan fingerprint density at radius 1 is 1.59 bits per heavy atom. The molecule has 0 heterocycles. The van der Waals surface area contributed by atoms with E-state index in [1.807, 2.05) is 0 Å². The van der Waals surface area contributed by atoms with Crippen LogP contribution in [0.1, 0.15) is 15.9 Å². The number of halogens is 1. The van der Waals surface area contributed by atoms with Gasteiger partial charge in [-0.1, -0.05) is 23.4 Å². The first-order chi connectivity index (χ1) is 8.10. The predicted molar refractivity (Wildman–Crippen MR) is 68.0 cm³/mol. The molecule has 0 saturated carbocycles. The lowest BCUT2D eigenvalue weighted by molar-refractivity contribution is 0.0602. The lowest BCUT2D eigenvalue weighted by Crippen LogP contribution is -2.06. The molecule has 4 nitrogen and oxygen atoms in total. The van der Waals surface area contributed by atoms with Crippen molar-refractivity contribution in [2.45, 2.75) is 0 Å². The zero-order chi connectivity index (χ0) is 12.8. The zero-order valence-electron chi connectivity index (χ0n) is 9.63. The third-order valence-electron chi connectivity index (χ3n) is 2.03. The number of rotatable bonds is 2. The number of nitrogens with one attached hydrogen (secondary N) is 1. The molecule has 3 N–H and O–H groups in total. The summed E-state index contributed by atoms with van der Waals surface area (Å²) in [5, 5.41) is 3.30. The van der Waals surface area contributed by atoms with E-state index in [4.69, 9.17) is 17.3 Å². The lowest BCUT2D eigenvalue weighted by Gasteiger charge is -2.05. The SMILES string of the molecule is CNCC#Cc1cc(C(=O)OC)c(N)cc1Cl. The molecule has 0 radical (unpaired) electrons. The van der Waals surface area contributed by atoms with Gasteiger partial charge in [0.15, 0.2) is 0 Å². The van der Waals surface area contributed by atoms with Gasteiger partial charge in [-0.05, 0) is 19.2 Å². The highest BCUT2D eigenvalue weighted by Crippen LogP contribution is 2.23. The minimum absolute atomic E-state index is 0.269. The van der Waals surface area contributed by atoms with Gasteiger partial charge in [0.1, 0.15) is 0 Å². The van der Waals surface area contributed by atoms with Gasteiger partial charge in [0, 0.05) is 11.3 Å². The normalized spacial score (nSPS) is 9.35. The van der Waals surface area contributed by atoms with E-state index >= 15 is 0 Å². The number of benzene rings is 1. The fourth-order valence-corrected chi connectivity index (χ4v) is 1.42. The summed E-state index contributed by atoms with van der Waals surface area (Å²) in [5.74, 6) is 5.21. The summed E-state index contributed by atoms with van der Waals surface area (Å²) in [6, 6.07) is 3.03. The number of esters is 1. The summed E-state index contributed by atoms with van der Waals surface area (Å²) in [4.78, 5) is 11.4. The van der Waals surface area contributed by atoms with Crippen LogP contribution in [0.2, 0.25) is 5.02 Å². The molecule has 0 aliphatic heterocycles. The van der Waals surface area contributed by atoms with E-state index < -0.39 is 5.97 Å². The van der Waals surface area contributed by atoms with E-state index in [0.717, 1.165) is 0 Å². The van der Waals surface area contributed by atoms with Gasteiger partial charge in [0.25, 0.3) is 0 Å². The maximum absolute atomic E-state index is 11.4. The Bertz CT molecular complexity index is 489. The van der Waals surface area contributed by atoms with Crippen LogP contribution >= 0.6 is 11.6 Å². The van der Waals surface area contributed by atoms with Crippen LogP contribution < -0.4 is 11.1 Å². The molecule has 0 fully saturated rings. The Kier molecular flexibility index (Phi) is 4.83. The van der Waals surface area contributed by atoms with Gasteiger partial charge >= 0.3 is 5.97 Å². The summed E-state index contributed by atoms with van der Waals surface area (Å²) < 4.78 is 4.62. The molecule has 1 aromatic carbocycles. The molecule has 0 bridgehead atoms. The highest BCUT2D eigenvalue weighted by atomic mass is 35.5. The highest BCUT2D eigenvalue weighted by Gasteiger charge is 2.12. The molecule has 1 rings (SSSR count). The van der Waals surface area contributed by atoms with Gasteiger partial charge in [-0.15, -0.1) is 0 Å². The Morgan fingerprint density at radius 3 is 2.88 bits per heavy atom. The number of ether oxygens (including phenoxy) is 1. The Labute approximate surface area is 105 Å². The van der Waals surface area contributed by atoms with Crippen LogP contribution in [0, 0.1) is 11.8 Å². The number of carbonyl (C=O) groups excluding carboxylic acids is 1. The first kappa shape index (κ1) is 13.4. The van der Waals surface area contributed by atoms with Gasteiger partial charge in [0.2, 0.25) is 0 Å². The molecule has 0 aliphatic carbocycles. The molecule has 17 heavy (non-hydrogen) atoms. The average molecular weight is 253 g/mol. The molecule has 1 aromatic rings. The van der Waals surface area contributed by atoms with Crippen molar-refractivity contribution in [2.24, 2.45) is 0 Å². The number of carbonyl (C=O) groups is 1. The Balaban J connectivity index is 3.16. The molecule has 0 saturated heterocycles. The molecule has 0 amide bonds. The highest BCUT2D eigenvalue weighted by molar-refractivity contribution is 6.32. The smallest absolute Gasteiger partial charge is 0.340 e. The van der Waals surface area contributed by atoms with Crippen molar-refractivity contribution in [1.29, 1.82) is 0 Å². The number of nitrogens with two attached hydrogens (primary N) is 1. The maximum atomic E-state index is 11.4. The van der Waals surface area contributed by atoms with Crippen molar-refractivity contribution >= 4 is 23.3 Å². The second-order valence-electron chi connectivity index (χ2n) is 3.24. The van der Waals surface area contributed by atoms with Crippen molar-refractivity contribution in [3.05, 3.63) is 28.3 Å². The van der Waals surface area contributed by atoms with Crippen LogP contribution in [0.4, 0.5) is 5.69 Å². The third kappa shape index (κ3) is 3.38. The number of methoxy groups -OCH3 is 1. The first-order valence-corrected chi connectivity index (χ1v) is 5.28. The second kappa shape index (κ2) is 6.14. The molecule has 0 atom stereocenters. The molecule has 0 aliphatic rings. The topological polar surface area (TPSA) is 64.3 Å². The number of nitrogen functional groups attached to an aromatic ring is 1. The van der Waals surface area contributed by atoms with Crippen LogP contribution in [0.3, 0.4) is 0 Å². The van der Waals surface area contributed by atoms with Crippen LogP contribution in [-0.2, 0) is 4.74 Å². The largest absolute Gasteiger partial charge is 0.465 e. The summed E-state index contributed by atoms with van der Waals surface area (Å²) in [6.07, 6.45) is 0. The Hall–Kier alpha value is -1.70. The van der Waals surface area contributed by atoms with E-state index in [2.05, 4.69) is 21.9 Å². The molecule has 0 aromatic heterocycles. The Morgan fingerprint density at radius 2 is 2.29 bits per heavy atom. The minimum atomic E-state index is -0.504. The first-order valence-electron chi connectivity index (χ1n) is 4.91. The molecule has 90 valence electrons. The molecular weight excluding hydrogens is 240 g/mol. The summed E-state index contributed by atoms with van der Waals surface area (Å²) in [5.41, 5.74) is 6.78. The van der Waals surface area contributed by atoms with Gasteiger partial charge in [0.05, 0.1) is 24.2 Å². The average Bonchev–Trinajstić information content (AvgIpc) is 2.31. The summed E-state index contributed by atoms with van der Waals surface area (Å²) in [7, 11) is 3.09. The van der Waals surface area contributed by atoms with Crippen LogP contribution in [-0.4, -0.2) is 26.7 Å². The van der Waals surface area contributed by atoms with E-state index in [-0.39, 0.29) is 11.3 Å². The van der Waals surface area contributed by atoms with Gasteiger partial charge < -0.3 is 15.8 Å². The van der Waals surface area contributed by atoms with Crippen LogP contribution in [0.15, 0.2) is 12.1 Å². The fourth-order valence-electron chi connectivity index (χ4n) is 1.20. The van der Waals surface area contributed by atoms with Gasteiger partial charge in [-0.2, -0.15) is 0 Å². The van der Waals surface area contributed by atoms with Gasteiger partial charge in [-0.25, -0.2) is 4.79 Å².